The second-order valence-corrected chi connectivity index (χ2v) is 4.19. The summed E-state index contributed by atoms with van der Waals surface area (Å²) in [5, 5.41) is 5.54. The Morgan fingerprint density at radius 2 is 1.83 bits per heavy atom. The van der Waals surface area contributed by atoms with E-state index in [0.29, 0.717) is 13.1 Å². The molecule has 0 atom stereocenters. The highest BCUT2D eigenvalue weighted by Crippen LogP contribution is 2.13. The fraction of sp³-hybridized carbons (Fsp3) is 0.143. The third kappa shape index (κ3) is 1.98. The van der Waals surface area contributed by atoms with Crippen LogP contribution in [-0.4, -0.2) is 14.8 Å². The lowest BCUT2D eigenvalue weighted by atomic mass is 10.2. The number of nitrogens with two attached hydrogens (primary N) is 1. The van der Waals surface area contributed by atoms with E-state index in [4.69, 9.17) is 5.73 Å². The number of hydrogen-bond acceptors (Lipinski definition) is 3. The van der Waals surface area contributed by atoms with Gasteiger partial charge in [-0.2, -0.15) is 5.10 Å². The minimum absolute atomic E-state index is 0.466. The fourth-order valence-electron chi connectivity index (χ4n) is 2.04. The Kier molecular flexibility index (Phi) is 2.78. The monoisotopic (exact) mass is 238 g/mol. The summed E-state index contributed by atoms with van der Waals surface area (Å²) in [4.78, 5) is 4.49. The number of fused-ring (bicyclic) bond motifs is 1. The van der Waals surface area contributed by atoms with Crippen molar-refractivity contribution in [3.8, 4) is 0 Å². The van der Waals surface area contributed by atoms with E-state index in [0.717, 1.165) is 22.3 Å². The normalized spacial score (nSPS) is 10.9. The molecule has 2 heterocycles. The van der Waals surface area contributed by atoms with Crippen LogP contribution in [0.2, 0.25) is 0 Å². The topological polar surface area (TPSA) is 56.7 Å². The molecule has 0 bridgehead atoms. The largest absolute Gasteiger partial charge is 0.325 e. The minimum atomic E-state index is 0.466. The molecule has 0 unspecified atom stereocenters. The van der Waals surface area contributed by atoms with E-state index in [1.165, 1.54) is 0 Å². The lowest BCUT2D eigenvalue weighted by molar-refractivity contribution is 0.692. The van der Waals surface area contributed by atoms with Gasteiger partial charge in [0.2, 0.25) is 0 Å². The highest BCUT2D eigenvalue weighted by Gasteiger charge is 2.03. The number of aromatic nitrogens is 3. The van der Waals surface area contributed by atoms with E-state index >= 15 is 0 Å². The van der Waals surface area contributed by atoms with Gasteiger partial charge in [0.15, 0.2) is 0 Å². The molecule has 18 heavy (non-hydrogen) atoms. The van der Waals surface area contributed by atoms with Crippen molar-refractivity contribution in [3.63, 3.8) is 0 Å². The SMILES string of the molecule is NCc1cccc(Cn2ncc3ccccc32)n1. The van der Waals surface area contributed by atoms with E-state index in [1.54, 1.807) is 0 Å². The van der Waals surface area contributed by atoms with Crippen molar-refractivity contribution >= 4 is 10.9 Å². The second kappa shape index (κ2) is 4.58. The molecule has 0 saturated heterocycles. The second-order valence-electron chi connectivity index (χ2n) is 4.19. The van der Waals surface area contributed by atoms with Crippen LogP contribution in [0.4, 0.5) is 0 Å². The molecule has 1 aromatic carbocycles. The van der Waals surface area contributed by atoms with Crippen LogP contribution in [0.1, 0.15) is 11.4 Å². The summed E-state index contributed by atoms with van der Waals surface area (Å²) >= 11 is 0. The molecular weight excluding hydrogens is 224 g/mol. The van der Waals surface area contributed by atoms with Gasteiger partial charge in [-0.05, 0) is 18.2 Å². The predicted molar refractivity (Wildman–Crippen MR) is 71.0 cm³/mol. The van der Waals surface area contributed by atoms with Crippen molar-refractivity contribution in [1.29, 1.82) is 0 Å². The van der Waals surface area contributed by atoms with E-state index < -0.39 is 0 Å². The molecule has 0 amide bonds. The molecule has 0 saturated carbocycles. The number of para-hydroxylation sites is 1. The predicted octanol–water partition coefficient (Wildman–Crippen LogP) is 1.94. The van der Waals surface area contributed by atoms with Crippen LogP contribution in [0.25, 0.3) is 10.9 Å². The van der Waals surface area contributed by atoms with Gasteiger partial charge in [0.05, 0.1) is 29.6 Å². The third-order valence-electron chi connectivity index (χ3n) is 2.94. The Morgan fingerprint density at radius 3 is 2.72 bits per heavy atom. The van der Waals surface area contributed by atoms with Crippen molar-refractivity contribution in [2.24, 2.45) is 5.73 Å². The van der Waals surface area contributed by atoms with Gasteiger partial charge in [0.1, 0.15) is 0 Å². The van der Waals surface area contributed by atoms with Crippen LogP contribution in [0, 0.1) is 0 Å². The zero-order valence-corrected chi connectivity index (χ0v) is 9.95. The Bertz CT molecular complexity index is 672. The van der Waals surface area contributed by atoms with Gasteiger partial charge >= 0.3 is 0 Å². The van der Waals surface area contributed by atoms with E-state index in [1.807, 2.05) is 41.2 Å². The number of hydrogen-bond donors (Lipinski definition) is 1. The first-order valence-electron chi connectivity index (χ1n) is 5.92. The first-order valence-corrected chi connectivity index (χ1v) is 5.92. The first kappa shape index (κ1) is 10.9. The first-order chi connectivity index (χ1) is 8.86. The van der Waals surface area contributed by atoms with Crippen LogP contribution in [-0.2, 0) is 13.1 Å². The lowest BCUT2D eigenvalue weighted by Crippen LogP contribution is -2.06. The van der Waals surface area contributed by atoms with Crippen LogP contribution >= 0.6 is 0 Å². The zero-order valence-electron chi connectivity index (χ0n) is 9.95. The van der Waals surface area contributed by atoms with Gasteiger partial charge in [-0.3, -0.25) is 9.67 Å². The Balaban J connectivity index is 1.96. The van der Waals surface area contributed by atoms with Gasteiger partial charge in [-0.1, -0.05) is 24.3 Å². The highest BCUT2D eigenvalue weighted by molar-refractivity contribution is 5.78. The van der Waals surface area contributed by atoms with Gasteiger partial charge < -0.3 is 5.73 Å². The Hall–Kier alpha value is -2.20. The molecule has 90 valence electrons. The summed E-state index contributed by atoms with van der Waals surface area (Å²) in [5.41, 5.74) is 8.61. The molecule has 0 aliphatic heterocycles. The maximum atomic E-state index is 5.60. The number of benzene rings is 1. The van der Waals surface area contributed by atoms with Gasteiger partial charge in [0.25, 0.3) is 0 Å². The Morgan fingerprint density at radius 1 is 1.00 bits per heavy atom. The van der Waals surface area contributed by atoms with Crippen LogP contribution in [0.5, 0.6) is 0 Å². The zero-order chi connectivity index (χ0) is 12.4. The minimum Gasteiger partial charge on any atom is -0.325 e. The van der Waals surface area contributed by atoms with E-state index in [-0.39, 0.29) is 0 Å². The molecule has 0 aliphatic rings. The summed E-state index contributed by atoms with van der Waals surface area (Å²) in [7, 11) is 0. The molecule has 0 fully saturated rings. The van der Waals surface area contributed by atoms with Crippen LogP contribution in [0.15, 0.2) is 48.7 Å². The number of rotatable bonds is 3. The molecule has 0 radical (unpaired) electrons. The van der Waals surface area contributed by atoms with Crippen molar-refractivity contribution in [1.82, 2.24) is 14.8 Å². The average molecular weight is 238 g/mol. The maximum Gasteiger partial charge on any atom is 0.0838 e. The smallest absolute Gasteiger partial charge is 0.0838 e. The molecule has 4 nitrogen and oxygen atoms in total. The van der Waals surface area contributed by atoms with Crippen LogP contribution in [0.3, 0.4) is 0 Å². The molecular formula is C14H14N4. The summed E-state index contributed by atoms with van der Waals surface area (Å²) in [6.07, 6.45) is 1.88. The maximum absolute atomic E-state index is 5.60. The van der Waals surface area contributed by atoms with Gasteiger partial charge in [0, 0.05) is 11.9 Å². The molecule has 3 aromatic rings. The van der Waals surface area contributed by atoms with E-state index in [9.17, 15) is 0 Å². The quantitative estimate of drug-likeness (QED) is 0.758. The summed E-state index contributed by atoms with van der Waals surface area (Å²) < 4.78 is 1.96. The fourth-order valence-corrected chi connectivity index (χ4v) is 2.04. The van der Waals surface area contributed by atoms with Gasteiger partial charge in [-0.25, -0.2) is 0 Å². The lowest BCUT2D eigenvalue weighted by Gasteiger charge is -2.04. The molecule has 4 heteroatoms. The van der Waals surface area contributed by atoms with Crippen molar-refractivity contribution in [3.05, 3.63) is 60.0 Å². The van der Waals surface area contributed by atoms with Crippen LogP contribution < -0.4 is 5.73 Å². The molecule has 0 aliphatic carbocycles. The highest BCUT2D eigenvalue weighted by atomic mass is 15.3. The summed E-state index contributed by atoms with van der Waals surface area (Å²) in [6.45, 7) is 1.13. The van der Waals surface area contributed by atoms with Crippen molar-refractivity contribution in [2.75, 3.05) is 0 Å². The van der Waals surface area contributed by atoms with Crippen molar-refractivity contribution in [2.45, 2.75) is 13.1 Å². The molecule has 2 aromatic heterocycles. The molecule has 2 N–H and O–H groups in total. The summed E-state index contributed by atoms with van der Waals surface area (Å²) in [6, 6.07) is 14.1. The average Bonchev–Trinajstić information content (AvgIpc) is 2.83. The van der Waals surface area contributed by atoms with E-state index in [2.05, 4.69) is 22.2 Å². The molecule has 0 spiro atoms. The van der Waals surface area contributed by atoms with Crippen molar-refractivity contribution < 1.29 is 0 Å². The standard InChI is InChI=1S/C14H14N4/c15-8-12-5-3-6-13(17-12)10-18-14-7-2-1-4-11(14)9-16-18/h1-7,9H,8,10,15H2. The molecule has 3 rings (SSSR count). The third-order valence-corrected chi connectivity index (χ3v) is 2.94. The summed E-state index contributed by atoms with van der Waals surface area (Å²) in [5.74, 6) is 0. The number of nitrogens with zero attached hydrogens (tertiary/aromatic N) is 3. The van der Waals surface area contributed by atoms with Gasteiger partial charge in [-0.15, -0.1) is 0 Å². The number of pyridine rings is 1. The Labute approximate surface area is 105 Å².